The van der Waals surface area contributed by atoms with Gasteiger partial charge in [-0.25, -0.2) is 13.1 Å². The van der Waals surface area contributed by atoms with Crippen molar-refractivity contribution in [2.24, 2.45) is 0 Å². The van der Waals surface area contributed by atoms with Crippen molar-refractivity contribution in [3.05, 3.63) is 148 Å². The summed E-state index contributed by atoms with van der Waals surface area (Å²) in [4.78, 5) is 27.2. The van der Waals surface area contributed by atoms with Gasteiger partial charge in [-0.1, -0.05) is 66.2 Å². The number of piperidine rings is 1. The third kappa shape index (κ3) is 9.38. The lowest BCUT2D eigenvalue weighted by Crippen LogP contribution is -2.47. The zero-order valence-corrected chi connectivity index (χ0v) is 31.4. The highest BCUT2D eigenvalue weighted by atomic mass is 35.5. The highest BCUT2D eigenvalue weighted by Gasteiger charge is 2.35. The quantitative estimate of drug-likeness (QED) is 0.0494. The molecule has 1 fully saturated rings. The molecule has 1 aliphatic rings. The van der Waals surface area contributed by atoms with Crippen LogP contribution in [0, 0.1) is 10.1 Å². The number of nitrogens with one attached hydrogen (secondary N) is 2. The SMILES string of the molecule is COC1(Cc2ccccc2-c2ccc(Cl)cc2)CCN(c2ccc(C(=O)NS(=O)(=O)c3ccc(NCCSc4ccccc4)c([N+](=O)[O-])c3)cc2)CC1. The van der Waals surface area contributed by atoms with E-state index in [1.54, 1.807) is 43.1 Å². The number of ether oxygens (including phenoxy) is 1. The summed E-state index contributed by atoms with van der Waals surface area (Å²) in [7, 11) is -2.64. The Balaban J connectivity index is 1.06. The lowest BCUT2D eigenvalue weighted by atomic mass is 9.82. The minimum atomic E-state index is -4.40. The standard InChI is InChI=1S/C40H39ClN4O6S2/c1-51-40(28-31-7-5-6-10-36(31)29-11-15-32(41)16-12-29)21-24-44(25-22-40)33-17-13-30(14-18-33)39(46)43-53(49,50)35-19-20-37(38(27-35)45(47)48)42-23-26-52-34-8-3-2-4-9-34/h2-20,27,42H,21-26,28H2,1H3,(H,43,46). The number of hydrogen-bond donors (Lipinski definition) is 2. The maximum Gasteiger partial charge on any atom is 0.293 e. The Labute approximate surface area is 318 Å². The minimum Gasteiger partial charge on any atom is -0.379 e. The first-order valence-electron chi connectivity index (χ1n) is 17.1. The first-order chi connectivity index (χ1) is 25.6. The number of sulfonamides is 1. The first-order valence-corrected chi connectivity index (χ1v) is 19.9. The molecule has 0 aromatic heterocycles. The van der Waals surface area contributed by atoms with Crippen LogP contribution >= 0.6 is 23.4 Å². The molecule has 2 N–H and O–H groups in total. The Morgan fingerprint density at radius 3 is 2.28 bits per heavy atom. The maximum atomic E-state index is 13.2. The van der Waals surface area contributed by atoms with E-state index in [-0.39, 0.29) is 21.7 Å². The van der Waals surface area contributed by atoms with Crippen LogP contribution < -0.4 is 14.9 Å². The molecule has 0 saturated carbocycles. The number of hydrogen-bond acceptors (Lipinski definition) is 9. The van der Waals surface area contributed by atoms with Crippen LogP contribution in [0.3, 0.4) is 0 Å². The summed E-state index contributed by atoms with van der Waals surface area (Å²) in [5.41, 5.74) is 3.92. The van der Waals surface area contributed by atoms with Gasteiger partial charge < -0.3 is 15.0 Å². The van der Waals surface area contributed by atoms with Gasteiger partial charge in [0, 0.05) is 66.2 Å². The first kappa shape index (κ1) is 37.9. The predicted octanol–water partition coefficient (Wildman–Crippen LogP) is 8.47. The number of anilines is 2. The van der Waals surface area contributed by atoms with Gasteiger partial charge in [0.25, 0.3) is 21.6 Å². The summed E-state index contributed by atoms with van der Waals surface area (Å²) in [6, 6.07) is 36.2. The molecule has 0 aliphatic carbocycles. The Hall–Kier alpha value is -4.88. The van der Waals surface area contributed by atoms with Gasteiger partial charge in [-0.05, 0) is 90.2 Å². The third-order valence-electron chi connectivity index (χ3n) is 9.42. The van der Waals surface area contributed by atoms with Crippen LogP contribution in [0.1, 0.15) is 28.8 Å². The molecule has 53 heavy (non-hydrogen) atoms. The zero-order valence-electron chi connectivity index (χ0n) is 29.0. The molecular weight excluding hydrogens is 732 g/mol. The number of nitro benzene ring substituents is 1. The largest absolute Gasteiger partial charge is 0.379 e. The molecule has 0 bridgehead atoms. The summed E-state index contributed by atoms with van der Waals surface area (Å²) in [6.45, 7) is 1.88. The van der Waals surface area contributed by atoms with Crippen molar-refractivity contribution in [1.29, 1.82) is 0 Å². The highest BCUT2D eigenvalue weighted by molar-refractivity contribution is 7.99. The van der Waals surface area contributed by atoms with E-state index in [0.29, 0.717) is 17.3 Å². The van der Waals surface area contributed by atoms with Gasteiger partial charge in [0.15, 0.2) is 0 Å². The van der Waals surface area contributed by atoms with Gasteiger partial charge in [0.2, 0.25) is 0 Å². The van der Waals surface area contributed by atoms with Crippen molar-refractivity contribution in [2.45, 2.75) is 34.7 Å². The van der Waals surface area contributed by atoms with Gasteiger partial charge in [0.05, 0.1) is 15.4 Å². The minimum absolute atomic E-state index is 0.142. The van der Waals surface area contributed by atoms with Crippen molar-refractivity contribution in [2.75, 3.05) is 42.7 Å². The Morgan fingerprint density at radius 1 is 0.925 bits per heavy atom. The van der Waals surface area contributed by atoms with E-state index in [4.69, 9.17) is 16.3 Å². The predicted molar refractivity (Wildman–Crippen MR) is 212 cm³/mol. The number of carbonyl (C=O) groups excluding carboxylic acids is 1. The average molecular weight is 771 g/mol. The normalized spacial score (nSPS) is 14.0. The van der Waals surface area contributed by atoms with Crippen molar-refractivity contribution in [1.82, 2.24) is 4.72 Å². The molecule has 1 saturated heterocycles. The molecule has 10 nitrogen and oxygen atoms in total. The number of thioether (sulfide) groups is 1. The van der Waals surface area contributed by atoms with Crippen LogP contribution in [0.15, 0.2) is 131 Å². The maximum absolute atomic E-state index is 13.2. The van der Waals surface area contributed by atoms with Crippen LogP contribution in [-0.2, 0) is 21.2 Å². The van der Waals surface area contributed by atoms with Gasteiger partial charge in [-0.3, -0.25) is 14.9 Å². The van der Waals surface area contributed by atoms with E-state index in [1.165, 1.54) is 17.7 Å². The summed E-state index contributed by atoms with van der Waals surface area (Å²) in [5, 5.41) is 15.5. The molecule has 0 spiro atoms. The molecule has 13 heteroatoms. The number of benzene rings is 5. The lowest BCUT2D eigenvalue weighted by Gasteiger charge is -2.42. The fraction of sp³-hybridized carbons (Fsp3) is 0.225. The summed E-state index contributed by atoms with van der Waals surface area (Å²) >= 11 is 7.72. The number of methoxy groups -OCH3 is 1. The van der Waals surface area contributed by atoms with E-state index >= 15 is 0 Å². The molecule has 0 radical (unpaired) electrons. The number of rotatable bonds is 14. The summed E-state index contributed by atoms with van der Waals surface area (Å²) < 4.78 is 34.6. The molecule has 1 aliphatic heterocycles. The second-order valence-electron chi connectivity index (χ2n) is 12.7. The van der Waals surface area contributed by atoms with Crippen molar-refractivity contribution in [3.8, 4) is 11.1 Å². The van der Waals surface area contributed by atoms with E-state index in [9.17, 15) is 23.3 Å². The van der Waals surface area contributed by atoms with Crippen LogP contribution in [0.2, 0.25) is 5.02 Å². The van der Waals surface area contributed by atoms with E-state index in [2.05, 4.69) is 27.1 Å². The smallest absolute Gasteiger partial charge is 0.293 e. The summed E-state index contributed by atoms with van der Waals surface area (Å²) in [6.07, 6.45) is 2.32. The Morgan fingerprint density at radius 2 is 1.60 bits per heavy atom. The van der Waals surface area contributed by atoms with Gasteiger partial charge >= 0.3 is 0 Å². The number of halogens is 1. The van der Waals surface area contributed by atoms with Crippen LogP contribution in [0.25, 0.3) is 11.1 Å². The van der Waals surface area contributed by atoms with E-state index < -0.39 is 26.5 Å². The number of carbonyl (C=O) groups is 1. The molecule has 1 amide bonds. The zero-order chi connectivity index (χ0) is 37.4. The molecular formula is C40H39ClN4O6S2. The third-order valence-corrected chi connectivity index (χ3v) is 12.0. The van der Waals surface area contributed by atoms with Gasteiger partial charge in [0.1, 0.15) is 5.69 Å². The Kier molecular flexibility index (Phi) is 12.0. The summed E-state index contributed by atoms with van der Waals surface area (Å²) in [5.74, 6) is -0.196. The molecule has 0 atom stereocenters. The molecule has 274 valence electrons. The lowest BCUT2D eigenvalue weighted by molar-refractivity contribution is -0.384. The van der Waals surface area contributed by atoms with Crippen molar-refractivity contribution >= 4 is 56.4 Å². The fourth-order valence-electron chi connectivity index (χ4n) is 6.47. The number of nitrogens with zero attached hydrogens (tertiary/aromatic N) is 2. The van der Waals surface area contributed by atoms with Crippen molar-refractivity contribution in [3.63, 3.8) is 0 Å². The molecule has 5 aromatic carbocycles. The number of amides is 1. The molecule has 1 heterocycles. The molecule has 6 rings (SSSR count). The average Bonchev–Trinajstić information content (AvgIpc) is 3.17. The molecule has 5 aromatic rings. The van der Waals surface area contributed by atoms with Crippen LogP contribution in [0.5, 0.6) is 0 Å². The van der Waals surface area contributed by atoms with E-state index in [1.807, 2.05) is 66.7 Å². The number of nitro groups is 1. The van der Waals surface area contributed by atoms with Gasteiger partial charge in [-0.15, -0.1) is 11.8 Å². The second-order valence-corrected chi connectivity index (χ2v) is 16.0. The second kappa shape index (κ2) is 16.9. The van der Waals surface area contributed by atoms with E-state index in [0.717, 1.165) is 60.1 Å². The van der Waals surface area contributed by atoms with Gasteiger partial charge in [-0.2, -0.15) is 0 Å². The monoisotopic (exact) mass is 770 g/mol. The molecule has 0 unspecified atom stereocenters. The van der Waals surface area contributed by atoms with Crippen LogP contribution in [0.4, 0.5) is 17.1 Å². The van der Waals surface area contributed by atoms with Crippen LogP contribution in [-0.4, -0.2) is 57.3 Å². The topological polar surface area (TPSA) is 131 Å². The van der Waals surface area contributed by atoms with Crippen molar-refractivity contribution < 1.29 is 22.9 Å². The highest BCUT2D eigenvalue weighted by Crippen LogP contribution is 2.36. The fourth-order valence-corrected chi connectivity index (χ4v) is 8.38. The Bertz CT molecular complexity index is 2160.